The summed E-state index contributed by atoms with van der Waals surface area (Å²) in [5.41, 5.74) is 3.84. The minimum absolute atomic E-state index is 0.0127. The maximum absolute atomic E-state index is 12.6. The predicted octanol–water partition coefficient (Wildman–Crippen LogP) is 4.68. The molecule has 0 fully saturated rings. The van der Waals surface area contributed by atoms with E-state index in [1.165, 1.54) is 11.3 Å². The number of carbonyl (C=O) groups excluding carboxylic acids is 1. The molecule has 2 nitrogen and oxygen atoms in total. The Kier molecular flexibility index (Phi) is 4.11. The Balaban J connectivity index is 2.53. The summed E-state index contributed by atoms with van der Waals surface area (Å²) in [6, 6.07) is 5.71. The van der Waals surface area contributed by atoms with Gasteiger partial charge in [0.25, 0.3) is 0 Å². The maximum Gasteiger partial charge on any atom is 0.206 e. The van der Waals surface area contributed by atoms with E-state index in [0.29, 0.717) is 11.3 Å². The van der Waals surface area contributed by atoms with Crippen molar-refractivity contribution in [2.45, 2.75) is 20.8 Å². The number of ether oxygens (including phenoxy) is 1. The van der Waals surface area contributed by atoms with Crippen molar-refractivity contribution in [3.05, 3.63) is 49.1 Å². The molecular weight excluding hydrogens is 324 g/mol. The fraction of sp³-hybridized carbons (Fsp3) is 0.267. The van der Waals surface area contributed by atoms with Crippen LogP contribution in [0.4, 0.5) is 0 Å². The summed E-state index contributed by atoms with van der Waals surface area (Å²) in [5.74, 6) is 0.686. The van der Waals surface area contributed by atoms with E-state index in [2.05, 4.69) is 15.9 Å². The largest absolute Gasteiger partial charge is 0.496 e. The van der Waals surface area contributed by atoms with Gasteiger partial charge in [-0.25, -0.2) is 0 Å². The van der Waals surface area contributed by atoms with E-state index in [4.69, 9.17) is 4.74 Å². The topological polar surface area (TPSA) is 26.3 Å². The van der Waals surface area contributed by atoms with Crippen molar-refractivity contribution >= 4 is 33.0 Å². The van der Waals surface area contributed by atoms with Gasteiger partial charge in [0.15, 0.2) is 0 Å². The molecule has 1 heterocycles. The van der Waals surface area contributed by atoms with Crippen LogP contribution in [0.3, 0.4) is 0 Å². The fourth-order valence-corrected chi connectivity index (χ4v) is 3.43. The van der Waals surface area contributed by atoms with Crippen molar-refractivity contribution in [3.8, 4) is 5.75 Å². The molecule has 0 aliphatic rings. The van der Waals surface area contributed by atoms with Crippen molar-refractivity contribution in [1.29, 1.82) is 0 Å². The van der Waals surface area contributed by atoms with Gasteiger partial charge in [0, 0.05) is 0 Å². The molecule has 0 saturated carbocycles. The first kappa shape index (κ1) is 14.3. The second-order valence-electron chi connectivity index (χ2n) is 4.48. The van der Waals surface area contributed by atoms with Crippen LogP contribution in [0.5, 0.6) is 5.75 Å². The Bertz CT molecular complexity index is 624. The average molecular weight is 339 g/mol. The van der Waals surface area contributed by atoms with Crippen LogP contribution >= 0.6 is 27.3 Å². The van der Waals surface area contributed by atoms with Gasteiger partial charge in [0.05, 0.1) is 21.3 Å². The molecule has 0 saturated heterocycles. The van der Waals surface area contributed by atoms with Gasteiger partial charge in [0.2, 0.25) is 5.78 Å². The van der Waals surface area contributed by atoms with Gasteiger partial charge < -0.3 is 4.74 Å². The molecule has 0 unspecified atom stereocenters. The zero-order chi connectivity index (χ0) is 14.2. The van der Waals surface area contributed by atoms with Gasteiger partial charge in [-0.3, -0.25) is 4.79 Å². The van der Waals surface area contributed by atoms with E-state index in [1.807, 2.05) is 39.0 Å². The van der Waals surface area contributed by atoms with Crippen LogP contribution < -0.4 is 4.74 Å². The highest BCUT2D eigenvalue weighted by Gasteiger charge is 2.19. The molecule has 0 aliphatic heterocycles. The molecular formula is C15H15BrO2S. The quantitative estimate of drug-likeness (QED) is 0.759. The highest BCUT2D eigenvalue weighted by atomic mass is 79.9. The molecule has 0 radical (unpaired) electrons. The Labute approximate surface area is 125 Å². The van der Waals surface area contributed by atoms with E-state index >= 15 is 0 Å². The van der Waals surface area contributed by atoms with Crippen LogP contribution in [-0.4, -0.2) is 12.9 Å². The van der Waals surface area contributed by atoms with Crippen LogP contribution in [0.2, 0.25) is 0 Å². The number of rotatable bonds is 3. The van der Waals surface area contributed by atoms with E-state index in [-0.39, 0.29) is 5.78 Å². The third kappa shape index (κ3) is 2.60. The standard InChI is InChI=1S/C15H15BrO2S/c1-8-5-6-11(14(18-4)10(8)3)13(17)12-7-9(2)15(16)19-12/h5-7H,1-4H3. The number of methoxy groups -OCH3 is 1. The molecule has 0 spiro atoms. The zero-order valence-electron chi connectivity index (χ0n) is 11.3. The van der Waals surface area contributed by atoms with Crippen molar-refractivity contribution < 1.29 is 9.53 Å². The summed E-state index contributed by atoms with van der Waals surface area (Å²) < 4.78 is 6.41. The molecule has 2 rings (SSSR count). The number of halogens is 1. The molecule has 0 N–H and O–H groups in total. The summed E-state index contributed by atoms with van der Waals surface area (Å²) in [4.78, 5) is 13.3. The minimum Gasteiger partial charge on any atom is -0.496 e. The lowest BCUT2D eigenvalue weighted by Gasteiger charge is -2.12. The molecule has 19 heavy (non-hydrogen) atoms. The molecule has 1 aromatic carbocycles. The fourth-order valence-electron chi connectivity index (χ4n) is 1.94. The minimum atomic E-state index is 0.0127. The Morgan fingerprint density at radius 3 is 2.42 bits per heavy atom. The summed E-state index contributed by atoms with van der Waals surface area (Å²) in [6.45, 7) is 5.97. The summed E-state index contributed by atoms with van der Waals surface area (Å²) in [7, 11) is 1.61. The number of hydrogen-bond acceptors (Lipinski definition) is 3. The maximum atomic E-state index is 12.6. The molecule has 1 aromatic heterocycles. The summed E-state index contributed by atoms with van der Waals surface area (Å²) >= 11 is 4.91. The van der Waals surface area contributed by atoms with Gasteiger partial charge in [-0.1, -0.05) is 6.07 Å². The van der Waals surface area contributed by atoms with E-state index in [0.717, 1.165) is 25.4 Å². The Morgan fingerprint density at radius 2 is 1.89 bits per heavy atom. The molecule has 2 aromatic rings. The second kappa shape index (κ2) is 5.47. The third-order valence-corrected chi connectivity index (χ3v) is 5.34. The van der Waals surface area contributed by atoms with Crippen LogP contribution in [-0.2, 0) is 0 Å². The lowest BCUT2D eigenvalue weighted by molar-refractivity contribution is 0.103. The first-order valence-electron chi connectivity index (χ1n) is 5.90. The Morgan fingerprint density at radius 1 is 1.21 bits per heavy atom. The summed E-state index contributed by atoms with van der Waals surface area (Å²) in [5, 5.41) is 0. The van der Waals surface area contributed by atoms with Gasteiger partial charge in [-0.15, -0.1) is 11.3 Å². The zero-order valence-corrected chi connectivity index (χ0v) is 13.7. The summed E-state index contributed by atoms with van der Waals surface area (Å²) in [6.07, 6.45) is 0. The lowest BCUT2D eigenvalue weighted by Crippen LogP contribution is -2.04. The number of ketones is 1. The number of carbonyl (C=O) groups is 1. The normalized spacial score (nSPS) is 10.6. The highest BCUT2D eigenvalue weighted by molar-refractivity contribution is 9.11. The SMILES string of the molecule is COc1c(C(=O)c2cc(C)c(Br)s2)ccc(C)c1C. The molecule has 0 amide bonds. The number of aryl methyl sites for hydroxylation is 2. The number of benzene rings is 1. The van der Waals surface area contributed by atoms with Crippen molar-refractivity contribution in [2.24, 2.45) is 0 Å². The van der Waals surface area contributed by atoms with Crippen LogP contribution in [0.1, 0.15) is 31.9 Å². The van der Waals surface area contributed by atoms with Gasteiger partial charge in [-0.05, 0) is 65.5 Å². The highest BCUT2D eigenvalue weighted by Crippen LogP contribution is 2.33. The number of hydrogen-bond donors (Lipinski definition) is 0. The first-order valence-corrected chi connectivity index (χ1v) is 7.51. The smallest absolute Gasteiger partial charge is 0.206 e. The molecule has 0 atom stereocenters. The molecule has 0 aliphatic carbocycles. The molecule has 100 valence electrons. The predicted molar refractivity (Wildman–Crippen MR) is 82.7 cm³/mol. The second-order valence-corrected chi connectivity index (χ2v) is 6.85. The van der Waals surface area contributed by atoms with E-state index < -0.39 is 0 Å². The van der Waals surface area contributed by atoms with Crippen molar-refractivity contribution in [1.82, 2.24) is 0 Å². The first-order chi connectivity index (χ1) is 8.95. The lowest BCUT2D eigenvalue weighted by atomic mass is 10.0. The van der Waals surface area contributed by atoms with Crippen LogP contribution in [0.15, 0.2) is 22.0 Å². The van der Waals surface area contributed by atoms with E-state index in [9.17, 15) is 4.79 Å². The average Bonchev–Trinajstić information content (AvgIpc) is 2.72. The van der Waals surface area contributed by atoms with Gasteiger partial charge >= 0.3 is 0 Å². The van der Waals surface area contributed by atoms with Crippen molar-refractivity contribution in [2.75, 3.05) is 7.11 Å². The number of thiophene rings is 1. The third-order valence-electron chi connectivity index (χ3n) is 3.21. The molecule has 0 bridgehead atoms. The molecule has 4 heteroatoms. The monoisotopic (exact) mass is 338 g/mol. The van der Waals surface area contributed by atoms with Crippen LogP contribution in [0.25, 0.3) is 0 Å². The van der Waals surface area contributed by atoms with Gasteiger partial charge in [0.1, 0.15) is 5.75 Å². The van der Waals surface area contributed by atoms with E-state index in [1.54, 1.807) is 7.11 Å². The Hall–Kier alpha value is -1.13. The van der Waals surface area contributed by atoms with Gasteiger partial charge in [-0.2, -0.15) is 0 Å². The van der Waals surface area contributed by atoms with Crippen LogP contribution in [0, 0.1) is 20.8 Å². The van der Waals surface area contributed by atoms with Crippen molar-refractivity contribution in [3.63, 3.8) is 0 Å².